The molecule has 7 aliphatic heterocycles. The Morgan fingerprint density at radius 2 is 1.80 bits per heavy atom. The van der Waals surface area contributed by atoms with Gasteiger partial charge in [-0.1, -0.05) is 50.3 Å². The highest BCUT2D eigenvalue weighted by Gasteiger charge is 2.78. The topological polar surface area (TPSA) is 238 Å². The summed E-state index contributed by atoms with van der Waals surface area (Å²) in [6.07, 6.45) is 4.50. The lowest BCUT2D eigenvalue weighted by atomic mass is 9.47. The quantitative estimate of drug-likeness (QED) is 0.0596. The van der Waals surface area contributed by atoms with Crippen LogP contribution < -0.4 is 15.0 Å². The number of piperidine rings is 1. The molecule has 18 heteroatoms. The van der Waals surface area contributed by atoms with Crippen molar-refractivity contribution in [2.45, 2.75) is 131 Å². The number of imide groups is 1. The fourth-order valence-corrected chi connectivity index (χ4v) is 16.2. The third-order valence-electron chi connectivity index (χ3n) is 19.4. The number of anilines is 1. The number of nitrogens with one attached hydrogen (secondary N) is 2. The van der Waals surface area contributed by atoms with Crippen molar-refractivity contribution >= 4 is 40.3 Å². The lowest BCUT2D eigenvalue weighted by Gasteiger charge is -2.63. The smallest absolute Gasteiger partial charge is 0.322 e. The maximum Gasteiger partial charge on any atom is 0.322 e. The fourth-order valence-electron chi connectivity index (χ4n) is 16.2. The highest BCUT2D eigenvalue weighted by atomic mass is 16.5. The molecular formula is C57H74N6O12. The van der Waals surface area contributed by atoms with Crippen LogP contribution in [0.2, 0.25) is 0 Å². The number of carbonyl (C=O) groups excluding carboxylic acids is 4. The molecule has 18 nitrogen and oxygen atoms in total. The van der Waals surface area contributed by atoms with E-state index in [2.05, 4.69) is 32.2 Å². The molecule has 75 heavy (non-hydrogen) atoms. The standard InChI is InChI=1S/C57H74N6O12/c1-7-53(71)27-33-28-56(52(70)74-6,45-35(15-21-61(29-33)31-53)34-13-9-10-14-39(34)59-45)38-24-37-40(25-43(38)73-5)60(4)49-55(37)17-22-62-19-11-16-54(8-2,48(55)62)50(68)57(49,72)51(69)58-18-12-20-63-46(66)32(3)23-36(47(63)67)42-26-41(65)44(30-64)75-42/h9-11,13-14,16,23-25,33,36,41-42,44,48-50,59,64-65,68,71-72H,7-8,12,15,17-22,26-31H2,1-6H3,(H,58,69)/t33?,36?,41-,42+,44+,48?,49?,50+,53-,54+,55?,56-,57-/m0/s1. The summed E-state index contributed by atoms with van der Waals surface area (Å²) < 4.78 is 18.2. The van der Waals surface area contributed by atoms with Crippen LogP contribution in [0, 0.1) is 17.3 Å². The molecule has 8 aliphatic rings. The maximum absolute atomic E-state index is 15.5. The second-order valence-electron chi connectivity index (χ2n) is 23.1. The molecule has 0 radical (unpaired) electrons. The van der Waals surface area contributed by atoms with Gasteiger partial charge >= 0.3 is 5.97 Å². The van der Waals surface area contributed by atoms with Crippen molar-refractivity contribution in [1.29, 1.82) is 0 Å². The Morgan fingerprint density at radius 1 is 1.01 bits per heavy atom. The van der Waals surface area contributed by atoms with Crippen molar-refractivity contribution in [3.63, 3.8) is 0 Å². The van der Waals surface area contributed by atoms with Gasteiger partial charge in [0.05, 0.1) is 50.6 Å². The average molecular weight is 1040 g/mol. The number of benzene rings is 2. The van der Waals surface area contributed by atoms with E-state index in [-0.39, 0.29) is 44.3 Å². The van der Waals surface area contributed by atoms with Crippen LogP contribution in [0.4, 0.5) is 5.69 Å². The number of nitrogens with zero attached hydrogens (tertiary/aromatic N) is 4. The lowest BCUT2D eigenvalue weighted by Crippen LogP contribution is -2.81. The second kappa shape index (κ2) is 18.8. The van der Waals surface area contributed by atoms with Crippen LogP contribution in [0.3, 0.4) is 0 Å². The minimum absolute atomic E-state index is 0.0529. The third-order valence-corrected chi connectivity index (χ3v) is 19.4. The monoisotopic (exact) mass is 1030 g/mol. The zero-order valence-corrected chi connectivity index (χ0v) is 44.0. The number of esters is 1. The number of hydrogen-bond acceptors (Lipinski definition) is 15. The first-order valence-electron chi connectivity index (χ1n) is 27.1. The lowest BCUT2D eigenvalue weighted by molar-refractivity contribution is -0.203. The molecule has 1 saturated carbocycles. The number of ether oxygens (including phenoxy) is 3. The Balaban J connectivity index is 1.00. The molecule has 8 heterocycles. The molecule has 1 aliphatic carbocycles. The van der Waals surface area contributed by atoms with Crippen molar-refractivity contribution in [2.75, 3.05) is 78.6 Å². The molecule has 1 spiro atoms. The summed E-state index contributed by atoms with van der Waals surface area (Å²) in [5, 5.41) is 62.9. The van der Waals surface area contributed by atoms with E-state index in [4.69, 9.17) is 14.2 Å². The molecule has 3 aromatic rings. The molecule has 2 bridgehead atoms. The van der Waals surface area contributed by atoms with Crippen molar-refractivity contribution in [3.05, 3.63) is 82.6 Å². The Morgan fingerprint density at radius 3 is 2.52 bits per heavy atom. The number of aliphatic hydroxyl groups is 5. The van der Waals surface area contributed by atoms with Crippen molar-refractivity contribution in [2.24, 2.45) is 17.3 Å². The summed E-state index contributed by atoms with van der Waals surface area (Å²) in [7, 11) is 4.84. The van der Waals surface area contributed by atoms with Crippen LogP contribution in [0.1, 0.15) is 88.1 Å². The van der Waals surface area contributed by atoms with E-state index in [1.54, 1.807) is 20.1 Å². The maximum atomic E-state index is 15.5. The number of hydrogen-bond donors (Lipinski definition) is 7. The highest BCUT2D eigenvalue weighted by molar-refractivity contribution is 6.08. The summed E-state index contributed by atoms with van der Waals surface area (Å²) in [5.74, 6) is -2.85. The first-order chi connectivity index (χ1) is 35.9. The van der Waals surface area contributed by atoms with Gasteiger partial charge in [-0.15, -0.1) is 0 Å². The summed E-state index contributed by atoms with van der Waals surface area (Å²) in [5.41, 5.74) is -2.00. The Kier molecular flexibility index (Phi) is 13.0. The van der Waals surface area contributed by atoms with Crippen molar-refractivity contribution in [3.8, 4) is 5.75 Å². The number of likely N-dealkylation sites (N-methyl/N-ethyl adjacent to an activating group) is 1. The minimum atomic E-state index is -2.44. The van der Waals surface area contributed by atoms with E-state index in [9.17, 15) is 35.1 Å². The van der Waals surface area contributed by atoms with E-state index in [0.29, 0.717) is 93.1 Å². The van der Waals surface area contributed by atoms with Gasteiger partial charge in [-0.25, -0.2) is 0 Å². The van der Waals surface area contributed by atoms with Gasteiger partial charge in [0.15, 0.2) is 5.60 Å². The van der Waals surface area contributed by atoms with Gasteiger partial charge in [-0.05, 0) is 87.6 Å². The number of carbonyl (C=O) groups is 4. The molecule has 4 fully saturated rings. The molecule has 404 valence electrons. The Labute approximate surface area is 437 Å². The van der Waals surface area contributed by atoms with Gasteiger partial charge in [-0.2, -0.15) is 0 Å². The molecule has 7 N–H and O–H groups in total. The number of para-hydroxylation sites is 1. The molecule has 2 aromatic carbocycles. The Bertz CT molecular complexity index is 2870. The molecule has 3 saturated heterocycles. The van der Waals surface area contributed by atoms with Crippen LogP contribution in [0.15, 0.2) is 60.2 Å². The van der Waals surface area contributed by atoms with Gasteiger partial charge in [0, 0.05) is 109 Å². The van der Waals surface area contributed by atoms with Crippen molar-refractivity contribution in [1.82, 2.24) is 25.0 Å². The predicted octanol–water partition coefficient (Wildman–Crippen LogP) is 2.20. The first kappa shape index (κ1) is 51.9. The number of aromatic nitrogens is 1. The molecule has 6 unspecified atom stereocenters. The largest absolute Gasteiger partial charge is 0.496 e. The van der Waals surface area contributed by atoms with Crippen molar-refractivity contribution < 1.29 is 58.9 Å². The minimum Gasteiger partial charge on any atom is -0.496 e. The van der Waals surface area contributed by atoms with E-state index in [1.165, 1.54) is 7.11 Å². The number of fused-ring (bicyclic) bond motifs is 6. The van der Waals surface area contributed by atoms with Gasteiger partial charge < -0.3 is 54.9 Å². The second-order valence-corrected chi connectivity index (χ2v) is 23.1. The SMILES string of the molecule is CC[C@]1(O)CC2CN(CCc3c([nH]c4ccccc34)[C@@](C(=O)OC)(c3cc4c(cc3OC)N(C)C3C45CCN4CC=C[C@](CC)(C45)[C@@H](O)[C@]3(O)C(=O)NCCCN3C(=O)C(C)=CC([C@H]4C[C@H](O)[C@@H](CO)O4)C3=O)C2)C1. The van der Waals surface area contributed by atoms with Gasteiger partial charge in [0.2, 0.25) is 5.91 Å². The number of rotatable bonds is 12. The summed E-state index contributed by atoms with van der Waals surface area (Å²) >= 11 is 0. The number of H-pyrrole nitrogens is 1. The zero-order chi connectivity index (χ0) is 53.1. The summed E-state index contributed by atoms with van der Waals surface area (Å²) in [6, 6.07) is 10.7. The molecule has 11 rings (SSSR count). The van der Waals surface area contributed by atoms with Gasteiger partial charge in [0.25, 0.3) is 11.8 Å². The Hall–Kier alpha value is -5.18. The van der Waals surface area contributed by atoms with E-state index >= 15 is 9.59 Å². The van der Waals surface area contributed by atoms with Gasteiger partial charge in [0.1, 0.15) is 23.4 Å². The third kappa shape index (κ3) is 7.40. The number of amides is 3. The summed E-state index contributed by atoms with van der Waals surface area (Å²) in [4.78, 5) is 69.7. The molecule has 1 aromatic heterocycles. The first-order valence-corrected chi connectivity index (χ1v) is 27.1. The van der Waals surface area contributed by atoms with Crippen LogP contribution in [0.25, 0.3) is 10.9 Å². The van der Waals surface area contributed by atoms with Crippen LogP contribution in [-0.2, 0) is 45.9 Å². The number of methoxy groups -OCH3 is 2. The molecule has 3 amide bonds. The predicted molar refractivity (Wildman–Crippen MR) is 277 cm³/mol. The van der Waals surface area contributed by atoms with Crippen LogP contribution in [-0.4, -0.2) is 190 Å². The molecular weight excluding hydrogens is 961 g/mol. The number of aliphatic hydroxyl groups excluding tert-OH is 3. The number of aromatic amines is 1. The van der Waals surface area contributed by atoms with E-state index in [1.807, 2.05) is 62.2 Å². The molecule has 14 atom stereocenters. The van der Waals surface area contributed by atoms with E-state index < -0.39 is 94.1 Å². The zero-order valence-electron chi connectivity index (χ0n) is 44.0. The average Bonchev–Trinajstić information content (AvgIpc) is 4.39. The van der Waals surface area contributed by atoms with Crippen LogP contribution >= 0.6 is 0 Å². The fraction of sp³-hybridized carbons (Fsp3) is 0.614. The van der Waals surface area contributed by atoms with E-state index in [0.717, 1.165) is 26.9 Å². The highest BCUT2D eigenvalue weighted by Crippen LogP contribution is 2.67. The normalized spacial score (nSPS) is 38.0. The summed E-state index contributed by atoms with van der Waals surface area (Å²) in [6.45, 7) is 8.15. The van der Waals surface area contributed by atoms with Gasteiger partial charge in [-0.3, -0.25) is 33.9 Å². The van der Waals surface area contributed by atoms with Crippen LogP contribution in [0.5, 0.6) is 5.75 Å².